The Bertz CT molecular complexity index is 408. The molecule has 0 spiro atoms. The highest BCUT2D eigenvalue weighted by molar-refractivity contribution is 6.28. The van der Waals surface area contributed by atoms with E-state index < -0.39 is 0 Å². The standard InChI is InChI=1S/C11H12ClNO2/c1-13-9(7-8-3-2-6-14-8)10-4-5-11(12)15-10/h2-6,9,13H,7H2,1H3. The second-order valence-electron chi connectivity index (χ2n) is 3.27. The summed E-state index contributed by atoms with van der Waals surface area (Å²) in [5.74, 6) is 1.74. The maximum absolute atomic E-state index is 5.73. The smallest absolute Gasteiger partial charge is 0.193 e. The highest BCUT2D eigenvalue weighted by atomic mass is 35.5. The third-order valence-corrected chi connectivity index (χ3v) is 2.47. The lowest BCUT2D eigenvalue weighted by molar-refractivity contribution is 0.401. The first-order valence-electron chi connectivity index (χ1n) is 4.74. The van der Waals surface area contributed by atoms with Crippen LogP contribution in [0.4, 0.5) is 0 Å². The normalized spacial score (nSPS) is 12.9. The molecule has 0 aliphatic rings. The van der Waals surface area contributed by atoms with Gasteiger partial charge < -0.3 is 14.2 Å². The molecule has 0 bridgehead atoms. The molecule has 0 fully saturated rings. The van der Waals surface area contributed by atoms with E-state index >= 15 is 0 Å². The number of hydrogen-bond acceptors (Lipinski definition) is 3. The highest BCUT2D eigenvalue weighted by Gasteiger charge is 2.15. The molecule has 3 nitrogen and oxygen atoms in total. The quantitative estimate of drug-likeness (QED) is 0.869. The Labute approximate surface area is 93.0 Å². The van der Waals surface area contributed by atoms with Crippen LogP contribution >= 0.6 is 11.6 Å². The van der Waals surface area contributed by atoms with Crippen molar-refractivity contribution >= 4 is 11.6 Å². The van der Waals surface area contributed by atoms with Crippen LogP contribution in [0.5, 0.6) is 0 Å². The Morgan fingerprint density at radius 3 is 2.80 bits per heavy atom. The summed E-state index contributed by atoms with van der Waals surface area (Å²) >= 11 is 5.73. The van der Waals surface area contributed by atoms with Crippen molar-refractivity contribution in [3.8, 4) is 0 Å². The summed E-state index contributed by atoms with van der Waals surface area (Å²) in [4.78, 5) is 0. The van der Waals surface area contributed by atoms with Gasteiger partial charge in [0.2, 0.25) is 0 Å². The zero-order chi connectivity index (χ0) is 10.7. The molecule has 1 unspecified atom stereocenters. The molecule has 0 aliphatic heterocycles. The van der Waals surface area contributed by atoms with Crippen LogP contribution in [0.2, 0.25) is 5.22 Å². The minimum Gasteiger partial charge on any atom is -0.469 e. The fourth-order valence-corrected chi connectivity index (χ4v) is 1.64. The van der Waals surface area contributed by atoms with Gasteiger partial charge in [0, 0.05) is 6.42 Å². The summed E-state index contributed by atoms with van der Waals surface area (Å²) in [5.41, 5.74) is 0. The van der Waals surface area contributed by atoms with E-state index in [1.165, 1.54) is 0 Å². The third kappa shape index (κ3) is 2.43. The number of likely N-dealkylation sites (N-methyl/N-ethyl adjacent to an activating group) is 1. The van der Waals surface area contributed by atoms with Crippen molar-refractivity contribution < 1.29 is 8.83 Å². The van der Waals surface area contributed by atoms with E-state index in [0.29, 0.717) is 5.22 Å². The minimum atomic E-state index is 0.0867. The average molecular weight is 226 g/mol. The van der Waals surface area contributed by atoms with Crippen molar-refractivity contribution in [3.63, 3.8) is 0 Å². The molecule has 0 saturated heterocycles. The zero-order valence-corrected chi connectivity index (χ0v) is 9.12. The van der Waals surface area contributed by atoms with Gasteiger partial charge in [-0.25, -0.2) is 0 Å². The maximum atomic E-state index is 5.73. The Morgan fingerprint density at radius 1 is 1.40 bits per heavy atom. The van der Waals surface area contributed by atoms with E-state index in [1.807, 2.05) is 25.2 Å². The first kappa shape index (κ1) is 10.3. The van der Waals surface area contributed by atoms with Crippen LogP contribution in [0.25, 0.3) is 0 Å². The van der Waals surface area contributed by atoms with Crippen LogP contribution in [0, 0.1) is 0 Å². The lowest BCUT2D eigenvalue weighted by Gasteiger charge is -2.11. The van der Waals surface area contributed by atoms with Crippen LogP contribution in [-0.4, -0.2) is 7.05 Å². The lowest BCUT2D eigenvalue weighted by Crippen LogP contribution is -2.17. The fourth-order valence-electron chi connectivity index (χ4n) is 1.49. The number of nitrogens with one attached hydrogen (secondary N) is 1. The molecule has 0 aromatic carbocycles. The molecule has 2 aromatic rings. The van der Waals surface area contributed by atoms with Crippen LogP contribution in [0.15, 0.2) is 39.4 Å². The topological polar surface area (TPSA) is 38.3 Å². The largest absolute Gasteiger partial charge is 0.469 e. The van der Waals surface area contributed by atoms with Gasteiger partial charge in [-0.05, 0) is 42.9 Å². The number of hydrogen-bond donors (Lipinski definition) is 1. The predicted molar refractivity (Wildman–Crippen MR) is 57.9 cm³/mol. The maximum Gasteiger partial charge on any atom is 0.193 e. The summed E-state index contributed by atoms with van der Waals surface area (Å²) in [5, 5.41) is 3.56. The Balaban J connectivity index is 2.11. The summed E-state index contributed by atoms with van der Waals surface area (Å²) in [6.07, 6.45) is 2.41. The summed E-state index contributed by atoms with van der Waals surface area (Å²) < 4.78 is 10.6. The molecule has 0 aliphatic carbocycles. The van der Waals surface area contributed by atoms with Crippen LogP contribution in [0.1, 0.15) is 17.6 Å². The number of furan rings is 2. The molecule has 2 rings (SSSR count). The van der Waals surface area contributed by atoms with E-state index in [-0.39, 0.29) is 6.04 Å². The molecule has 0 radical (unpaired) electrons. The van der Waals surface area contributed by atoms with Gasteiger partial charge in [0.1, 0.15) is 11.5 Å². The number of rotatable bonds is 4. The zero-order valence-electron chi connectivity index (χ0n) is 8.37. The fraction of sp³-hybridized carbons (Fsp3) is 0.273. The van der Waals surface area contributed by atoms with Gasteiger partial charge in [-0.3, -0.25) is 0 Å². The molecule has 0 amide bonds. The van der Waals surface area contributed by atoms with Crippen molar-refractivity contribution in [3.05, 3.63) is 47.3 Å². The van der Waals surface area contributed by atoms with Crippen LogP contribution in [-0.2, 0) is 6.42 Å². The van der Waals surface area contributed by atoms with Gasteiger partial charge in [0.05, 0.1) is 12.3 Å². The first-order chi connectivity index (χ1) is 7.29. The lowest BCUT2D eigenvalue weighted by atomic mass is 10.1. The van der Waals surface area contributed by atoms with E-state index in [1.54, 1.807) is 12.3 Å². The van der Waals surface area contributed by atoms with Gasteiger partial charge in [-0.1, -0.05) is 0 Å². The van der Waals surface area contributed by atoms with Gasteiger partial charge in [-0.2, -0.15) is 0 Å². The van der Waals surface area contributed by atoms with E-state index in [0.717, 1.165) is 17.9 Å². The second-order valence-corrected chi connectivity index (χ2v) is 3.64. The van der Waals surface area contributed by atoms with Crippen LogP contribution in [0.3, 0.4) is 0 Å². The van der Waals surface area contributed by atoms with Gasteiger partial charge >= 0.3 is 0 Å². The van der Waals surface area contributed by atoms with Gasteiger partial charge in [-0.15, -0.1) is 0 Å². The number of halogens is 1. The molecular formula is C11H12ClNO2. The monoisotopic (exact) mass is 225 g/mol. The summed E-state index contributed by atoms with van der Waals surface area (Å²) in [6, 6.07) is 7.51. The van der Waals surface area contributed by atoms with Crippen molar-refractivity contribution in [1.82, 2.24) is 5.32 Å². The Hall–Kier alpha value is -1.19. The summed E-state index contributed by atoms with van der Waals surface area (Å²) in [7, 11) is 1.88. The third-order valence-electron chi connectivity index (χ3n) is 2.27. The molecule has 1 atom stereocenters. The van der Waals surface area contributed by atoms with E-state index in [9.17, 15) is 0 Å². The van der Waals surface area contributed by atoms with Gasteiger partial charge in [0.25, 0.3) is 0 Å². The van der Waals surface area contributed by atoms with E-state index in [2.05, 4.69) is 5.32 Å². The molecule has 2 heterocycles. The molecule has 15 heavy (non-hydrogen) atoms. The predicted octanol–water partition coefficient (Wildman–Crippen LogP) is 3.03. The average Bonchev–Trinajstić information content (AvgIpc) is 2.85. The Kier molecular flexibility index (Phi) is 3.14. The summed E-state index contributed by atoms with van der Waals surface area (Å²) in [6.45, 7) is 0. The molecule has 80 valence electrons. The second kappa shape index (κ2) is 4.55. The van der Waals surface area contributed by atoms with E-state index in [4.69, 9.17) is 20.4 Å². The highest BCUT2D eigenvalue weighted by Crippen LogP contribution is 2.22. The molecule has 1 N–H and O–H groups in total. The van der Waals surface area contributed by atoms with Crippen LogP contribution < -0.4 is 5.32 Å². The van der Waals surface area contributed by atoms with Crippen molar-refractivity contribution in [2.75, 3.05) is 7.05 Å². The first-order valence-corrected chi connectivity index (χ1v) is 5.12. The Morgan fingerprint density at radius 2 is 2.27 bits per heavy atom. The van der Waals surface area contributed by atoms with Crippen molar-refractivity contribution in [1.29, 1.82) is 0 Å². The van der Waals surface area contributed by atoms with Gasteiger partial charge in [0.15, 0.2) is 5.22 Å². The molecule has 2 aromatic heterocycles. The van der Waals surface area contributed by atoms with Crippen molar-refractivity contribution in [2.45, 2.75) is 12.5 Å². The molecule has 0 saturated carbocycles. The molecule has 4 heteroatoms. The minimum absolute atomic E-state index is 0.0867. The SMILES string of the molecule is CNC(Cc1ccco1)c1ccc(Cl)o1. The van der Waals surface area contributed by atoms with Crippen molar-refractivity contribution in [2.24, 2.45) is 0 Å². The molecular weight excluding hydrogens is 214 g/mol.